The molecule has 1 atom stereocenters. The number of allylic oxidation sites excluding steroid dienone is 1. The van der Waals surface area contributed by atoms with Crippen LogP contribution >= 0.6 is 11.3 Å². The lowest BCUT2D eigenvalue weighted by Crippen LogP contribution is -1.94. The molecule has 0 aliphatic heterocycles. The van der Waals surface area contributed by atoms with Gasteiger partial charge in [0.25, 0.3) is 0 Å². The van der Waals surface area contributed by atoms with Gasteiger partial charge in [0, 0.05) is 9.75 Å². The molecule has 64 valence electrons. The third kappa shape index (κ3) is 1.22. The topological polar surface area (TPSA) is 0 Å². The molecule has 0 amide bonds. The zero-order valence-electron chi connectivity index (χ0n) is 7.63. The van der Waals surface area contributed by atoms with Gasteiger partial charge in [0.1, 0.15) is 0 Å². The smallest absolute Gasteiger partial charge is 0.0304 e. The number of aryl methyl sites for hydroxylation is 1. The van der Waals surface area contributed by atoms with Gasteiger partial charge < -0.3 is 0 Å². The van der Waals surface area contributed by atoms with Gasteiger partial charge in [-0.15, -0.1) is 11.3 Å². The van der Waals surface area contributed by atoms with E-state index in [1.807, 2.05) is 11.3 Å². The van der Waals surface area contributed by atoms with E-state index in [4.69, 9.17) is 0 Å². The average molecular weight is 178 g/mol. The van der Waals surface area contributed by atoms with Crippen LogP contribution in [0.3, 0.4) is 0 Å². The number of thiophene rings is 1. The van der Waals surface area contributed by atoms with Crippen molar-refractivity contribution in [2.24, 2.45) is 0 Å². The predicted molar refractivity (Wildman–Crippen MR) is 55.8 cm³/mol. The summed E-state index contributed by atoms with van der Waals surface area (Å²) in [5.41, 5.74) is 1.57. The molecule has 0 bridgehead atoms. The van der Waals surface area contributed by atoms with Gasteiger partial charge in [-0.2, -0.15) is 0 Å². The largest absolute Gasteiger partial charge is 0.141 e. The molecule has 0 saturated carbocycles. The van der Waals surface area contributed by atoms with Crippen LogP contribution in [0, 0.1) is 0 Å². The van der Waals surface area contributed by atoms with Gasteiger partial charge in [-0.05, 0) is 36.5 Å². The molecular weight excluding hydrogens is 164 g/mol. The average Bonchev–Trinajstić information content (AvgIpc) is 2.49. The quantitative estimate of drug-likeness (QED) is 0.613. The molecule has 1 heteroatoms. The predicted octanol–water partition coefficient (Wildman–Crippen LogP) is 3.83. The molecule has 12 heavy (non-hydrogen) atoms. The van der Waals surface area contributed by atoms with Gasteiger partial charge >= 0.3 is 0 Å². The normalized spacial score (nSPS) is 21.0. The fraction of sp³-hybridized carbons (Fsp3) is 0.455. The van der Waals surface area contributed by atoms with Crippen molar-refractivity contribution in [3.05, 3.63) is 27.5 Å². The van der Waals surface area contributed by atoms with E-state index in [0.29, 0.717) is 0 Å². The van der Waals surface area contributed by atoms with Crippen molar-refractivity contribution in [3.63, 3.8) is 0 Å². The van der Waals surface area contributed by atoms with Gasteiger partial charge in [0.2, 0.25) is 0 Å². The molecule has 0 fully saturated rings. The zero-order chi connectivity index (χ0) is 8.55. The Hall–Kier alpha value is -0.560. The molecule has 1 aliphatic rings. The molecule has 0 spiro atoms. The van der Waals surface area contributed by atoms with Crippen LogP contribution in [0.5, 0.6) is 0 Å². The standard InChI is InChI=1S/C11H14S/c1-3-9-7-10-8(2)5-4-6-11(10)12-9/h4,6-8H,3,5H2,1-2H3. The molecular formula is C11H14S. The highest BCUT2D eigenvalue weighted by Gasteiger charge is 2.14. The zero-order valence-corrected chi connectivity index (χ0v) is 8.45. The molecule has 1 aliphatic carbocycles. The van der Waals surface area contributed by atoms with Crippen molar-refractivity contribution in [3.8, 4) is 0 Å². The van der Waals surface area contributed by atoms with Crippen molar-refractivity contribution < 1.29 is 0 Å². The molecule has 1 aromatic rings. The molecule has 1 aromatic heterocycles. The lowest BCUT2D eigenvalue weighted by atomic mass is 9.94. The second-order valence-corrected chi connectivity index (χ2v) is 4.59. The van der Waals surface area contributed by atoms with Crippen molar-refractivity contribution in [2.75, 3.05) is 0 Å². The van der Waals surface area contributed by atoms with E-state index in [1.165, 1.54) is 22.6 Å². The Kier molecular flexibility index (Phi) is 2.05. The minimum atomic E-state index is 0.738. The highest BCUT2D eigenvalue weighted by atomic mass is 32.1. The molecule has 0 nitrogen and oxygen atoms in total. The van der Waals surface area contributed by atoms with Gasteiger partial charge in [0.15, 0.2) is 0 Å². The first-order valence-corrected chi connectivity index (χ1v) is 5.42. The Bertz CT molecular complexity index is 307. The first-order chi connectivity index (χ1) is 5.81. The van der Waals surface area contributed by atoms with Crippen LogP contribution in [0.25, 0.3) is 6.08 Å². The maximum atomic E-state index is 2.38. The lowest BCUT2D eigenvalue weighted by molar-refractivity contribution is 0.776. The Morgan fingerprint density at radius 1 is 1.58 bits per heavy atom. The van der Waals surface area contributed by atoms with E-state index < -0.39 is 0 Å². The molecule has 0 radical (unpaired) electrons. The molecule has 2 rings (SSSR count). The third-order valence-corrected chi connectivity index (χ3v) is 3.74. The molecule has 1 heterocycles. The molecule has 0 N–H and O–H groups in total. The highest BCUT2D eigenvalue weighted by Crippen LogP contribution is 2.35. The summed E-state index contributed by atoms with van der Waals surface area (Å²) in [6.45, 7) is 4.54. The number of fused-ring (bicyclic) bond motifs is 1. The number of rotatable bonds is 1. The summed E-state index contributed by atoms with van der Waals surface area (Å²) in [5.74, 6) is 0.738. The van der Waals surface area contributed by atoms with Gasteiger partial charge in [-0.1, -0.05) is 19.9 Å². The molecule has 1 unspecified atom stereocenters. The molecule has 0 saturated heterocycles. The maximum Gasteiger partial charge on any atom is 0.0304 e. The van der Waals surface area contributed by atoms with Crippen molar-refractivity contribution in [1.29, 1.82) is 0 Å². The summed E-state index contributed by atoms with van der Waals surface area (Å²) < 4.78 is 0. The minimum absolute atomic E-state index is 0.738. The van der Waals surface area contributed by atoms with Crippen LogP contribution in [0.15, 0.2) is 12.1 Å². The van der Waals surface area contributed by atoms with Crippen molar-refractivity contribution in [2.45, 2.75) is 32.6 Å². The third-order valence-electron chi connectivity index (χ3n) is 2.48. The monoisotopic (exact) mass is 178 g/mol. The Balaban J connectivity index is 2.45. The van der Waals surface area contributed by atoms with E-state index in [1.54, 1.807) is 5.56 Å². The van der Waals surface area contributed by atoms with E-state index in [9.17, 15) is 0 Å². The van der Waals surface area contributed by atoms with E-state index in [2.05, 4.69) is 32.1 Å². The van der Waals surface area contributed by atoms with Crippen LogP contribution in [0.1, 0.15) is 41.5 Å². The summed E-state index contributed by atoms with van der Waals surface area (Å²) in [5, 5.41) is 0. The lowest BCUT2D eigenvalue weighted by Gasteiger charge is -2.12. The number of hydrogen-bond donors (Lipinski definition) is 0. The van der Waals surface area contributed by atoms with Crippen LogP contribution < -0.4 is 0 Å². The second kappa shape index (κ2) is 3.06. The minimum Gasteiger partial charge on any atom is -0.141 e. The summed E-state index contributed by atoms with van der Waals surface area (Å²) >= 11 is 1.95. The van der Waals surface area contributed by atoms with Crippen LogP contribution in [-0.4, -0.2) is 0 Å². The Morgan fingerprint density at radius 2 is 2.42 bits per heavy atom. The van der Waals surface area contributed by atoms with Crippen LogP contribution in [0.4, 0.5) is 0 Å². The van der Waals surface area contributed by atoms with Crippen LogP contribution in [0.2, 0.25) is 0 Å². The summed E-state index contributed by atoms with van der Waals surface area (Å²) in [6, 6.07) is 2.38. The highest BCUT2D eigenvalue weighted by molar-refractivity contribution is 7.13. The Morgan fingerprint density at radius 3 is 3.08 bits per heavy atom. The fourth-order valence-electron chi connectivity index (χ4n) is 1.67. The van der Waals surface area contributed by atoms with E-state index in [0.717, 1.165) is 5.92 Å². The SMILES string of the molecule is CCc1cc2c(s1)C=CCC2C. The Labute approximate surface area is 77.9 Å². The van der Waals surface area contributed by atoms with Gasteiger partial charge in [-0.3, -0.25) is 0 Å². The van der Waals surface area contributed by atoms with Crippen LogP contribution in [-0.2, 0) is 6.42 Å². The summed E-state index contributed by atoms with van der Waals surface area (Å²) in [7, 11) is 0. The van der Waals surface area contributed by atoms with E-state index >= 15 is 0 Å². The van der Waals surface area contributed by atoms with E-state index in [-0.39, 0.29) is 0 Å². The maximum absolute atomic E-state index is 2.38. The molecule has 0 aromatic carbocycles. The van der Waals surface area contributed by atoms with Crippen molar-refractivity contribution in [1.82, 2.24) is 0 Å². The number of hydrogen-bond acceptors (Lipinski definition) is 1. The summed E-state index contributed by atoms with van der Waals surface area (Å²) in [4.78, 5) is 3.02. The van der Waals surface area contributed by atoms with Crippen molar-refractivity contribution >= 4 is 17.4 Å². The second-order valence-electron chi connectivity index (χ2n) is 3.42. The van der Waals surface area contributed by atoms with Gasteiger partial charge in [-0.25, -0.2) is 0 Å². The fourth-order valence-corrected chi connectivity index (χ4v) is 2.82. The first kappa shape index (κ1) is 8.06. The summed E-state index contributed by atoms with van der Waals surface area (Å²) in [6.07, 6.45) is 6.97. The van der Waals surface area contributed by atoms with Gasteiger partial charge in [0.05, 0.1) is 0 Å². The first-order valence-electron chi connectivity index (χ1n) is 4.60.